The van der Waals surface area contributed by atoms with E-state index in [1.807, 2.05) is 25.2 Å². The van der Waals surface area contributed by atoms with Gasteiger partial charge in [-0.05, 0) is 49.6 Å². The third-order valence-corrected chi connectivity index (χ3v) is 7.26. The Hall–Kier alpha value is -3.39. The molecule has 0 atom stereocenters. The molecule has 4 aromatic rings. The Labute approximate surface area is 209 Å². The number of piperidine rings is 1. The van der Waals surface area contributed by atoms with Crippen molar-refractivity contribution < 1.29 is 9.47 Å². The van der Waals surface area contributed by atoms with Gasteiger partial charge in [0.1, 0.15) is 22.2 Å². The van der Waals surface area contributed by atoms with Gasteiger partial charge in [-0.25, -0.2) is 9.78 Å². The highest BCUT2D eigenvalue weighted by atomic mass is 35.5. The van der Waals surface area contributed by atoms with Crippen molar-refractivity contribution in [1.82, 2.24) is 14.1 Å². The number of ether oxygens (including phenoxy) is 2. The van der Waals surface area contributed by atoms with Crippen LogP contribution in [0.1, 0.15) is 24.8 Å². The molecule has 1 N–H and O–H groups in total. The molecule has 8 nitrogen and oxygen atoms in total. The van der Waals surface area contributed by atoms with E-state index in [1.54, 1.807) is 30.4 Å². The number of methoxy groups -OCH3 is 2. The Bertz CT molecular complexity index is 1470. The van der Waals surface area contributed by atoms with Gasteiger partial charge < -0.3 is 19.7 Å². The van der Waals surface area contributed by atoms with Crippen LogP contribution >= 0.6 is 11.6 Å². The van der Waals surface area contributed by atoms with Crippen molar-refractivity contribution in [2.24, 2.45) is 14.1 Å². The number of anilines is 2. The fourth-order valence-electron chi connectivity index (χ4n) is 4.96. The maximum Gasteiger partial charge on any atom is 0.328 e. The molecule has 0 unspecified atom stereocenters. The van der Waals surface area contributed by atoms with Gasteiger partial charge >= 0.3 is 5.69 Å². The minimum atomic E-state index is -0.0374. The maximum absolute atomic E-state index is 12.6. The second-order valence-corrected chi connectivity index (χ2v) is 9.32. The first-order valence-electron chi connectivity index (χ1n) is 11.8. The second kappa shape index (κ2) is 9.34. The minimum Gasteiger partial charge on any atom is -0.496 e. The van der Waals surface area contributed by atoms with Crippen molar-refractivity contribution in [3.8, 4) is 11.5 Å². The van der Waals surface area contributed by atoms with Crippen LogP contribution in [0.5, 0.6) is 11.5 Å². The number of pyridine rings is 1. The van der Waals surface area contributed by atoms with Crippen LogP contribution in [0.4, 0.5) is 11.4 Å². The first kappa shape index (κ1) is 23.4. The molecule has 3 heterocycles. The van der Waals surface area contributed by atoms with E-state index in [9.17, 15) is 4.79 Å². The first-order valence-corrected chi connectivity index (χ1v) is 12.2. The first-order chi connectivity index (χ1) is 16.9. The number of aromatic nitrogens is 3. The van der Waals surface area contributed by atoms with Crippen LogP contribution < -0.4 is 25.4 Å². The van der Waals surface area contributed by atoms with Crippen LogP contribution in [0, 0.1) is 0 Å². The van der Waals surface area contributed by atoms with Gasteiger partial charge in [-0.2, -0.15) is 0 Å². The van der Waals surface area contributed by atoms with E-state index in [2.05, 4.69) is 27.3 Å². The van der Waals surface area contributed by atoms with Gasteiger partial charge in [0.25, 0.3) is 0 Å². The highest BCUT2D eigenvalue weighted by molar-refractivity contribution is 6.30. The molecule has 0 aliphatic carbocycles. The van der Waals surface area contributed by atoms with Crippen LogP contribution in [0.25, 0.3) is 21.9 Å². The van der Waals surface area contributed by atoms with E-state index < -0.39 is 0 Å². The minimum absolute atomic E-state index is 0.0374. The summed E-state index contributed by atoms with van der Waals surface area (Å²) in [6, 6.07) is 9.88. The monoisotopic (exact) mass is 495 g/mol. The Morgan fingerprint density at radius 3 is 2.31 bits per heavy atom. The van der Waals surface area contributed by atoms with Crippen LogP contribution in [-0.4, -0.2) is 41.4 Å². The molecule has 1 aliphatic rings. The van der Waals surface area contributed by atoms with Crippen molar-refractivity contribution in [3.05, 3.63) is 51.5 Å². The molecule has 1 fully saturated rings. The lowest BCUT2D eigenvalue weighted by Crippen LogP contribution is -2.30. The lowest BCUT2D eigenvalue weighted by atomic mass is 10.1. The smallest absolute Gasteiger partial charge is 0.328 e. The number of benzene rings is 2. The second-order valence-electron chi connectivity index (χ2n) is 8.96. The van der Waals surface area contributed by atoms with Crippen molar-refractivity contribution in [2.45, 2.75) is 25.8 Å². The van der Waals surface area contributed by atoms with Gasteiger partial charge in [0.2, 0.25) is 0 Å². The standard InChI is InChI=1S/C26H30ClN5O3/c1-30-20-13-18(19(32-10-6-5-7-11-32)14-21(20)31(2)26(30)33)28-15-16-12-17-22(34-3)8-9-23(35-4)24(17)29-25(16)27/h8-9,12-14,28H,5-7,10-11,15H2,1-4H3. The number of hydrogen-bond donors (Lipinski definition) is 1. The average molecular weight is 496 g/mol. The summed E-state index contributed by atoms with van der Waals surface area (Å²) in [7, 11) is 6.87. The number of nitrogens with one attached hydrogen (secondary N) is 1. The molecule has 184 valence electrons. The number of rotatable bonds is 6. The Morgan fingerprint density at radius 2 is 1.63 bits per heavy atom. The fourth-order valence-corrected chi connectivity index (χ4v) is 5.16. The molecule has 0 saturated carbocycles. The van der Waals surface area contributed by atoms with E-state index in [-0.39, 0.29) is 5.69 Å². The van der Waals surface area contributed by atoms with Crippen molar-refractivity contribution in [2.75, 3.05) is 37.5 Å². The van der Waals surface area contributed by atoms with Gasteiger partial charge in [-0.1, -0.05) is 11.6 Å². The van der Waals surface area contributed by atoms with Gasteiger partial charge in [0, 0.05) is 44.7 Å². The van der Waals surface area contributed by atoms with Crippen molar-refractivity contribution in [1.29, 1.82) is 0 Å². The van der Waals surface area contributed by atoms with Gasteiger partial charge in [-0.3, -0.25) is 9.13 Å². The van der Waals surface area contributed by atoms with E-state index in [1.165, 1.54) is 6.42 Å². The average Bonchev–Trinajstić information content (AvgIpc) is 3.10. The summed E-state index contributed by atoms with van der Waals surface area (Å²) < 4.78 is 14.4. The molecule has 0 spiro atoms. The normalized spacial score (nSPS) is 14.0. The Kier molecular flexibility index (Phi) is 6.23. The predicted molar refractivity (Wildman–Crippen MR) is 141 cm³/mol. The van der Waals surface area contributed by atoms with E-state index >= 15 is 0 Å². The van der Waals surface area contributed by atoms with Crippen molar-refractivity contribution >= 4 is 44.9 Å². The molecular formula is C26H30ClN5O3. The number of fused-ring (bicyclic) bond motifs is 2. The summed E-state index contributed by atoms with van der Waals surface area (Å²) in [4.78, 5) is 19.6. The quantitative estimate of drug-likeness (QED) is 0.391. The summed E-state index contributed by atoms with van der Waals surface area (Å²) in [6.45, 7) is 2.46. The summed E-state index contributed by atoms with van der Waals surface area (Å²) in [5.74, 6) is 1.35. The van der Waals surface area contributed by atoms with Gasteiger partial charge in [-0.15, -0.1) is 0 Å². The molecule has 2 aromatic carbocycles. The van der Waals surface area contributed by atoms with Crippen LogP contribution in [0.3, 0.4) is 0 Å². The zero-order valence-corrected chi connectivity index (χ0v) is 21.3. The Balaban J connectivity index is 1.57. The molecule has 9 heteroatoms. The van der Waals surface area contributed by atoms with E-state index in [0.717, 1.165) is 59.3 Å². The SMILES string of the molecule is COc1ccc(OC)c2nc(Cl)c(CNc3cc4c(cc3N3CCCCC3)n(C)c(=O)n4C)cc12. The number of nitrogens with zero attached hydrogens (tertiary/aromatic N) is 4. The highest BCUT2D eigenvalue weighted by Crippen LogP contribution is 2.36. The fraction of sp³-hybridized carbons (Fsp3) is 0.385. The molecular weight excluding hydrogens is 466 g/mol. The molecule has 1 aliphatic heterocycles. The molecule has 0 radical (unpaired) electrons. The largest absolute Gasteiger partial charge is 0.496 e. The van der Waals surface area contributed by atoms with Crippen LogP contribution in [-0.2, 0) is 20.6 Å². The topological polar surface area (TPSA) is 73.6 Å². The molecule has 0 bridgehead atoms. The lowest BCUT2D eigenvalue weighted by Gasteiger charge is -2.31. The molecule has 0 amide bonds. The number of halogens is 1. The van der Waals surface area contributed by atoms with E-state index in [0.29, 0.717) is 28.7 Å². The van der Waals surface area contributed by atoms with Gasteiger partial charge in [0.05, 0.1) is 36.6 Å². The maximum atomic E-state index is 12.6. The zero-order chi connectivity index (χ0) is 24.7. The summed E-state index contributed by atoms with van der Waals surface area (Å²) in [5, 5.41) is 4.83. The molecule has 5 rings (SSSR count). The Morgan fingerprint density at radius 1 is 0.971 bits per heavy atom. The van der Waals surface area contributed by atoms with Crippen LogP contribution in [0.2, 0.25) is 5.15 Å². The summed E-state index contributed by atoms with van der Waals surface area (Å²) in [5.41, 5.74) is 5.34. The summed E-state index contributed by atoms with van der Waals surface area (Å²) in [6.07, 6.45) is 3.56. The number of aryl methyl sites for hydroxylation is 2. The molecule has 1 saturated heterocycles. The molecule has 2 aromatic heterocycles. The lowest BCUT2D eigenvalue weighted by molar-refractivity contribution is 0.409. The predicted octanol–water partition coefficient (Wildman–Crippen LogP) is 4.70. The third-order valence-electron chi connectivity index (χ3n) is 6.93. The number of hydrogen-bond acceptors (Lipinski definition) is 6. The highest BCUT2D eigenvalue weighted by Gasteiger charge is 2.19. The van der Waals surface area contributed by atoms with Gasteiger partial charge in [0.15, 0.2) is 0 Å². The summed E-state index contributed by atoms with van der Waals surface area (Å²) >= 11 is 6.62. The molecule has 35 heavy (non-hydrogen) atoms. The van der Waals surface area contributed by atoms with Crippen LogP contribution in [0.15, 0.2) is 35.1 Å². The third kappa shape index (κ3) is 4.05. The number of imidazole rings is 1. The van der Waals surface area contributed by atoms with Crippen molar-refractivity contribution in [3.63, 3.8) is 0 Å². The van der Waals surface area contributed by atoms with E-state index in [4.69, 9.17) is 21.1 Å². The zero-order valence-electron chi connectivity index (χ0n) is 20.5.